The van der Waals surface area contributed by atoms with E-state index in [1.807, 2.05) is 0 Å². The van der Waals surface area contributed by atoms with Crippen LogP contribution in [0.25, 0.3) is 0 Å². The quantitative estimate of drug-likeness (QED) is 0.689. The van der Waals surface area contributed by atoms with Crippen LogP contribution < -0.4 is 0 Å². The minimum Gasteiger partial charge on any atom is -0.406 e. The Morgan fingerprint density at radius 1 is 0.846 bits per heavy atom. The van der Waals surface area contributed by atoms with Gasteiger partial charge < -0.3 is 9.64 Å². The van der Waals surface area contributed by atoms with Crippen LogP contribution in [0, 0.1) is 0 Å². The Labute approximate surface area is 145 Å². The maximum atomic E-state index is 13.5. The fourth-order valence-corrected chi connectivity index (χ4v) is 2.78. The van der Waals surface area contributed by atoms with Crippen LogP contribution in [0.15, 0.2) is 40.3 Å². The molecule has 0 unspecified atom stereocenters. The maximum absolute atomic E-state index is 13.5. The van der Waals surface area contributed by atoms with E-state index < -0.39 is 29.9 Å². The number of ether oxygens (including phenoxy) is 1. The summed E-state index contributed by atoms with van der Waals surface area (Å²) in [7, 11) is 0. The van der Waals surface area contributed by atoms with E-state index in [2.05, 4.69) is 9.98 Å². The number of hydrogen-bond donors (Lipinski definition) is 0. The van der Waals surface area contributed by atoms with Gasteiger partial charge in [-0.2, -0.15) is 31.3 Å². The molecule has 3 rings (SSSR count). The molecule has 10 heteroatoms. The third-order valence-electron chi connectivity index (χ3n) is 4.15. The monoisotopic (exact) mass is 379 g/mol. The molecule has 0 spiro atoms. The molecule has 2 aliphatic heterocycles. The van der Waals surface area contributed by atoms with E-state index in [1.54, 1.807) is 6.07 Å². The fourth-order valence-electron chi connectivity index (χ4n) is 2.78. The largest absolute Gasteiger partial charge is 0.443 e. The molecule has 0 amide bonds. The molecule has 2 aliphatic rings. The molecule has 26 heavy (non-hydrogen) atoms. The number of halogens is 6. The molecule has 1 saturated heterocycles. The predicted octanol–water partition coefficient (Wildman–Crippen LogP) is 4.13. The third kappa shape index (κ3) is 3.24. The zero-order valence-electron chi connectivity index (χ0n) is 13.4. The molecule has 0 radical (unpaired) electrons. The first kappa shape index (κ1) is 18.5. The summed E-state index contributed by atoms with van der Waals surface area (Å²) in [5, 5.41) is 0. The Balaban J connectivity index is 2.14. The summed E-state index contributed by atoms with van der Waals surface area (Å²) in [4.78, 5) is 7.14. The lowest BCUT2D eigenvalue weighted by atomic mass is 10.1. The van der Waals surface area contributed by atoms with Crippen LogP contribution in [-0.2, 0) is 4.74 Å². The third-order valence-corrected chi connectivity index (χ3v) is 4.15. The summed E-state index contributed by atoms with van der Waals surface area (Å²) in [5.41, 5.74) is -4.58. The van der Waals surface area contributed by atoms with Crippen molar-refractivity contribution in [3.63, 3.8) is 0 Å². The Bertz CT molecular complexity index is 691. The van der Waals surface area contributed by atoms with Crippen molar-refractivity contribution in [1.82, 2.24) is 4.90 Å². The number of nitrogens with zero attached hydrogens (tertiary/aromatic N) is 3. The smallest absolute Gasteiger partial charge is 0.406 e. The number of rotatable bonds is 1. The Morgan fingerprint density at radius 2 is 1.42 bits per heavy atom. The van der Waals surface area contributed by atoms with Gasteiger partial charge in [0, 0.05) is 18.7 Å². The van der Waals surface area contributed by atoms with E-state index in [0.717, 1.165) is 6.42 Å². The Morgan fingerprint density at radius 3 is 1.96 bits per heavy atom. The highest BCUT2D eigenvalue weighted by Gasteiger charge is 2.74. The van der Waals surface area contributed by atoms with Crippen molar-refractivity contribution >= 4 is 11.9 Å². The van der Waals surface area contributed by atoms with Gasteiger partial charge in [0.25, 0.3) is 6.02 Å². The second kappa shape index (κ2) is 6.48. The number of aliphatic imine (C=N–C) groups is 2. The summed E-state index contributed by atoms with van der Waals surface area (Å²) >= 11 is 0. The van der Waals surface area contributed by atoms with Crippen molar-refractivity contribution in [2.75, 3.05) is 13.1 Å². The van der Waals surface area contributed by atoms with Crippen molar-refractivity contribution in [2.24, 2.45) is 9.98 Å². The van der Waals surface area contributed by atoms with Crippen LogP contribution in [-0.4, -0.2) is 47.9 Å². The van der Waals surface area contributed by atoms with Crippen molar-refractivity contribution in [3.8, 4) is 0 Å². The molecule has 0 aromatic heterocycles. The molecular weight excluding hydrogens is 364 g/mol. The average Bonchev–Trinajstić information content (AvgIpc) is 2.61. The fraction of sp³-hybridized carbons (Fsp3) is 0.500. The van der Waals surface area contributed by atoms with Crippen molar-refractivity contribution in [1.29, 1.82) is 0 Å². The van der Waals surface area contributed by atoms with E-state index in [-0.39, 0.29) is 18.7 Å². The van der Waals surface area contributed by atoms with Gasteiger partial charge in [-0.1, -0.05) is 18.2 Å². The van der Waals surface area contributed by atoms with Crippen LogP contribution in [0.4, 0.5) is 26.3 Å². The molecule has 0 saturated carbocycles. The molecule has 2 heterocycles. The summed E-state index contributed by atoms with van der Waals surface area (Å²) in [6, 6.07) is 6.47. The lowest BCUT2D eigenvalue weighted by molar-refractivity contribution is -0.293. The van der Waals surface area contributed by atoms with Crippen LogP contribution in [0.1, 0.15) is 24.8 Å². The van der Waals surface area contributed by atoms with Crippen LogP contribution in [0.2, 0.25) is 0 Å². The first-order chi connectivity index (χ1) is 12.1. The Kier molecular flexibility index (Phi) is 4.61. The summed E-state index contributed by atoms with van der Waals surface area (Å²) in [6.07, 6.45) is -9.43. The molecule has 4 nitrogen and oxygen atoms in total. The molecule has 0 bridgehead atoms. The molecule has 1 aromatic carbocycles. The van der Waals surface area contributed by atoms with Crippen LogP contribution in [0.3, 0.4) is 0 Å². The second-order valence-corrected chi connectivity index (χ2v) is 5.99. The van der Waals surface area contributed by atoms with Crippen molar-refractivity contribution < 1.29 is 31.1 Å². The highest BCUT2D eigenvalue weighted by molar-refractivity contribution is 6.02. The topological polar surface area (TPSA) is 37.2 Å². The number of piperidine rings is 1. The van der Waals surface area contributed by atoms with E-state index in [1.165, 1.54) is 29.2 Å². The molecule has 0 aliphatic carbocycles. The summed E-state index contributed by atoms with van der Waals surface area (Å²) < 4.78 is 86.4. The van der Waals surface area contributed by atoms with Gasteiger partial charge >= 0.3 is 18.0 Å². The molecule has 1 aromatic rings. The first-order valence-electron chi connectivity index (χ1n) is 7.95. The van der Waals surface area contributed by atoms with Crippen LogP contribution >= 0.6 is 0 Å². The van der Waals surface area contributed by atoms with Gasteiger partial charge in [0.05, 0.1) is 0 Å². The zero-order valence-corrected chi connectivity index (χ0v) is 13.4. The SMILES string of the molecule is FC(F)(F)C1(C(F)(F)F)N=C(c2ccccc2)OC(N2CCCCC2)=N1. The zero-order chi connectivity index (χ0) is 19.0. The van der Waals surface area contributed by atoms with Crippen molar-refractivity contribution in [3.05, 3.63) is 35.9 Å². The lowest BCUT2D eigenvalue weighted by Gasteiger charge is -2.37. The first-order valence-corrected chi connectivity index (χ1v) is 7.95. The standard InChI is InChI=1S/C16H15F6N3O/c17-15(18,19)14(16(20,21)22)23-12(11-7-3-1-4-8-11)26-13(24-14)25-9-5-2-6-10-25/h1,3-4,7-8H,2,5-6,9-10H2. The van der Waals surface area contributed by atoms with Gasteiger partial charge in [-0.25, -0.2) is 4.99 Å². The summed E-state index contributed by atoms with van der Waals surface area (Å²) in [5.74, 6) is -0.754. The van der Waals surface area contributed by atoms with Gasteiger partial charge in [0.2, 0.25) is 5.90 Å². The van der Waals surface area contributed by atoms with E-state index in [9.17, 15) is 26.3 Å². The predicted molar refractivity (Wildman–Crippen MR) is 81.8 cm³/mol. The normalized spacial score (nSPS) is 20.9. The van der Waals surface area contributed by atoms with E-state index in [4.69, 9.17) is 4.74 Å². The molecule has 1 fully saturated rings. The lowest BCUT2D eigenvalue weighted by Crippen LogP contribution is -2.58. The number of hydrogen-bond acceptors (Lipinski definition) is 4. The minimum atomic E-state index is -5.77. The second-order valence-electron chi connectivity index (χ2n) is 5.99. The number of likely N-dealkylation sites (tertiary alicyclic amines) is 1. The number of benzene rings is 1. The molecule has 142 valence electrons. The average molecular weight is 379 g/mol. The van der Waals surface area contributed by atoms with Gasteiger partial charge in [0.1, 0.15) is 0 Å². The van der Waals surface area contributed by atoms with Crippen molar-refractivity contribution in [2.45, 2.75) is 37.3 Å². The van der Waals surface area contributed by atoms with Gasteiger partial charge in [-0.15, -0.1) is 0 Å². The molecule has 0 atom stereocenters. The minimum absolute atomic E-state index is 0.00906. The van der Waals surface area contributed by atoms with E-state index >= 15 is 0 Å². The highest BCUT2D eigenvalue weighted by Crippen LogP contribution is 2.48. The summed E-state index contributed by atoms with van der Waals surface area (Å²) in [6.45, 7) is 0.541. The number of amidine groups is 1. The highest BCUT2D eigenvalue weighted by atomic mass is 19.4. The van der Waals surface area contributed by atoms with E-state index in [0.29, 0.717) is 12.8 Å². The Hall–Kier alpha value is -2.26. The maximum Gasteiger partial charge on any atom is 0.443 e. The van der Waals surface area contributed by atoms with Gasteiger partial charge in [0.15, 0.2) is 0 Å². The molecular formula is C16H15F6N3O. The van der Waals surface area contributed by atoms with Crippen LogP contribution in [0.5, 0.6) is 0 Å². The molecule has 0 N–H and O–H groups in total. The van der Waals surface area contributed by atoms with Gasteiger partial charge in [-0.3, -0.25) is 0 Å². The van der Waals surface area contributed by atoms with Gasteiger partial charge in [-0.05, 0) is 31.4 Å². The number of alkyl halides is 6.